The van der Waals surface area contributed by atoms with Gasteiger partial charge in [-0.2, -0.15) is 5.10 Å². The van der Waals surface area contributed by atoms with Crippen molar-refractivity contribution in [1.82, 2.24) is 14.8 Å². The molecule has 5 heteroatoms. The fourth-order valence-corrected chi connectivity index (χ4v) is 2.30. The topological polar surface area (TPSA) is 30.7 Å². The molecule has 0 aromatic carbocycles. The monoisotopic (exact) mass is 357 g/mol. The van der Waals surface area contributed by atoms with E-state index in [1.807, 2.05) is 24.7 Å². The Hall–Kier alpha value is -0.680. The van der Waals surface area contributed by atoms with E-state index in [1.165, 1.54) is 5.56 Å². The smallest absolute Gasteiger partial charge is 0.156 e. The predicted molar refractivity (Wildman–Crippen MR) is 75.9 cm³/mol. The van der Waals surface area contributed by atoms with Crippen LogP contribution >= 0.6 is 31.9 Å². The van der Waals surface area contributed by atoms with Gasteiger partial charge in [0.15, 0.2) is 5.82 Å². The molecule has 0 atom stereocenters. The van der Waals surface area contributed by atoms with Crippen molar-refractivity contribution in [2.75, 3.05) is 0 Å². The van der Waals surface area contributed by atoms with Crippen LogP contribution in [0.25, 0.3) is 5.82 Å². The molecule has 17 heavy (non-hydrogen) atoms. The van der Waals surface area contributed by atoms with E-state index in [2.05, 4.69) is 54.9 Å². The Morgan fingerprint density at radius 2 is 2.00 bits per heavy atom. The molecule has 0 amide bonds. The molecule has 0 aliphatic carbocycles. The average Bonchev–Trinajstić information content (AvgIpc) is 2.57. The summed E-state index contributed by atoms with van der Waals surface area (Å²) in [5.74, 6) is 0.890. The highest BCUT2D eigenvalue weighted by molar-refractivity contribution is 9.10. The number of pyridine rings is 1. The van der Waals surface area contributed by atoms with Gasteiger partial charge < -0.3 is 0 Å². The first-order valence-corrected chi connectivity index (χ1v) is 7.19. The van der Waals surface area contributed by atoms with Crippen molar-refractivity contribution >= 4 is 31.9 Å². The van der Waals surface area contributed by atoms with Crippen molar-refractivity contribution in [2.24, 2.45) is 0 Å². The number of hydrogen-bond acceptors (Lipinski definition) is 2. The molecule has 2 rings (SSSR count). The molecule has 2 heterocycles. The van der Waals surface area contributed by atoms with Gasteiger partial charge in [0.05, 0.1) is 15.9 Å². The molecule has 0 N–H and O–H groups in total. The Morgan fingerprint density at radius 3 is 2.47 bits per heavy atom. The summed E-state index contributed by atoms with van der Waals surface area (Å²) in [6, 6.07) is 2.13. The van der Waals surface area contributed by atoms with Crippen molar-refractivity contribution in [3.8, 4) is 5.82 Å². The van der Waals surface area contributed by atoms with Crippen LogP contribution < -0.4 is 0 Å². The summed E-state index contributed by atoms with van der Waals surface area (Å²) < 4.78 is 2.93. The Morgan fingerprint density at radius 1 is 1.29 bits per heavy atom. The first-order valence-electron chi connectivity index (χ1n) is 5.28. The number of rotatable bonds is 2. The highest BCUT2D eigenvalue weighted by Gasteiger charge is 2.13. The van der Waals surface area contributed by atoms with Crippen LogP contribution in [0, 0.1) is 20.8 Å². The van der Waals surface area contributed by atoms with E-state index >= 15 is 0 Å². The van der Waals surface area contributed by atoms with Crippen molar-refractivity contribution in [3.63, 3.8) is 0 Å². The maximum Gasteiger partial charge on any atom is 0.156 e. The van der Waals surface area contributed by atoms with Gasteiger partial charge in [0.25, 0.3) is 0 Å². The lowest BCUT2D eigenvalue weighted by atomic mass is 10.2. The van der Waals surface area contributed by atoms with Crippen molar-refractivity contribution in [2.45, 2.75) is 26.1 Å². The molecular formula is C12H13Br2N3. The van der Waals surface area contributed by atoms with Crippen LogP contribution in [0.1, 0.15) is 22.5 Å². The van der Waals surface area contributed by atoms with Gasteiger partial charge in [0, 0.05) is 11.5 Å². The van der Waals surface area contributed by atoms with Gasteiger partial charge in [-0.1, -0.05) is 15.9 Å². The van der Waals surface area contributed by atoms with Crippen LogP contribution in [0.4, 0.5) is 0 Å². The summed E-state index contributed by atoms with van der Waals surface area (Å²) in [5.41, 5.74) is 4.35. The summed E-state index contributed by atoms with van der Waals surface area (Å²) in [6.07, 6.45) is 1.88. The van der Waals surface area contributed by atoms with E-state index in [1.54, 1.807) is 0 Å². The summed E-state index contributed by atoms with van der Waals surface area (Å²) in [5, 5.41) is 5.31. The number of aromatic nitrogens is 3. The summed E-state index contributed by atoms with van der Waals surface area (Å²) in [6.45, 7) is 6.07. The standard InChI is InChI=1S/C12H13Br2N3/c1-7-4-10(5-13)6-15-12(7)17-9(3)11(14)8(2)16-17/h4,6H,5H2,1-3H3. The van der Waals surface area contributed by atoms with Crippen molar-refractivity contribution < 1.29 is 0 Å². The lowest BCUT2D eigenvalue weighted by Gasteiger charge is -2.08. The number of nitrogens with zero attached hydrogens (tertiary/aromatic N) is 3. The van der Waals surface area contributed by atoms with Gasteiger partial charge >= 0.3 is 0 Å². The summed E-state index contributed by atoms with van der Waals surface area (Å²) in [4.78, 5) is 4.48. The number of aryl methyl sites for hydroxylation is 2. The largest absolute Gasteiger partial charge is 0.237 e. The van der Waals surface area contributed by atoms with Gasteiger partial charge in [-0.3, -0.25) is 0 Å². The van der Waals surface area contributed by atoms with E-state index in [4.69, 9.17) is 0 Å². The minimum absolute atomic E-state index is 0.821. The highest BCUT2D eigenvalue weighted by atomic mass is 79.9. The third-order valence-electron chi connectivity index (χ3n) is 2.67. The van der Waals surface area contributed by atoms with Crippen molar-refractivity contribution in [1.29, 1.82) is 0 Å². The van der Waals surface area contributed by atoms with Crippen LogP contribution in [0.5, 0.6) is 0 Å². The molecular weight excluding hydrogens is 346 g/mol. The molecule has 0 aliphatic rings. The van der Waals surface area contributed by atoms with Crippen molar-refractivity contribution in [3.05, 3.63) is 39.3 Å². The Labute approximate surface area is 118 Å². The molecule has 0 spiro atoms. The molecule has 0 aliphatic heterocycles. The van der Waals surface area contributed by atoms with E-state index in [0.29, 0.717) is 0 Å². The molecule has 0 saturated heterocycles. The van der Waals surface area contributed by atoms with Gasteiger partial charge in [-0.05, 0) is 53.9 Å². The minimum atomic E-state index is 0.821. The van der Waals surface area contributed by atoms with E-state index in [9.17, 15) is 0 Å². The second-order valence-corrected chi connectivity index (χ2v) is 5.37. The minimum Gasteiger partial charge on any atom is -0.237 e. The molecule has 3 nitrogen and oxygen atoms in total. The van der Waals surface area contributed by atoms with Crippen LogP contribution in [-0.2, 0) is 5.33 Å². The van der Waals surface area contributed by atoms with Gasteiger partial charge in [-0.15, -0.1) is 0 Å². The first kappa shape index (κ1) is 12.8. The second kappa shape index (κ2) is 4.90. The number of hydrogen-bond donors (Lipinski definition) is 0. The summed E-state index contributed by atoms with van der Waals surface area (Å²) in [7, 11) is 0. The third-order valence-corrected chi connectivity index (χ3v) is 4.46. The Kier molecular flexibility index (Phi) is 3.68. The SMILES string of the molecule is Cc1cc(CBr)cnc1-n1nc(C)c(Br)c1C. The molecule has 0 bridgehead atoms. The lowest BCUT2D eigenvalue weighted by molar-refractivity contribution is 0.797. The van der Waals surface area contributed by atoms with Crippen LogP contribution in [-0.4, -0.2) is 14.8 Å². The number of halogens is 2. The van der Waals surface area contributed by atoms with Crippen LogP contribution in [0.15, 0.2) is 16.7 Å². The Bertz CT molecular complexity index is 561. The van der Waals surface area contributed by atoms with E-state index in [0.717, 1.165) is 32.6 Å². The molecule has 2 aromatic heterocycles. The highest BCUT2D eigenvalue weighted by Crippen LogP contribution is 2.23. The lowest BCUT2D eigenvalue weighted by Crippen LogP contribution is -2.05. The molecule has 0 radical (unpaired) electrons. The Balaban J connectivity index is 2.57. The zero-order valence-electron chi connectivity index (χ0n) is 9.96. The number of alkyl halides is 1. The van der Waals surface area contributed by atoms with Gasteiger partial charge in [-0.25, -0.2) is 9.67 Å². The zero-order valence-corrected chi connectivity index (χ0v) is 13.1. The fraction of sp³-hybridized carbons (Fsp3) is 0.333. The molecule has 90 valence electrons. The van der Waals surface area contributed by atoms with Crippen LogP contribution in [0.3, 0.4) is 0 Å². The van der Waals surface area contributed by atoms with E-state index in [-0.39, 0.29) is 0 Å². The maximum atomic E-state index is 4.49. The maximum absolute atomic E-state index is 4.49. The average molecular weight is 359 g/mol. The normalized spacial score (nSPS) is 10.9. The summed E-state index contributed by atoms with van der Waals surface area (Å²) >= 11 is 6.96. The third kappa shape index (κ3) is 2.31. The first-order chi connectivity index (χ1) is 8.04. The molecule has 0 unspecified atom stereocenters. The van der Waals surface area contributed by atoms with Gasteiger partial charge in [0.2, 0.25) is 0 Å². The molecule has 2 aromatic rings. The quantitative estimate of drug-likeness (QED) is 0.763. The zero-order chi connectivity index (χ0) is 12.6. The molecule has 0 fully saturated rings. The van der Waals surface area contributed by atoms with Crippen LogP contribution in [0.2, 0.25) is 0 Å². The van der Waals surface area contributed by atoms with E-state index < -0.39 is 0 Å². The van der Waals surface area contributed by atoms with Gasteiger partial charge in [0.1, 0.15) is 0 Å². The molecule has 0 saturated carbocycles. The predicted octanol–water partition coefficient (Wildman–Crippen LogP) is 3.85. The second-order valence-electron chi connectivity index (χ2n) is 4.01. The fourth-order valence-electron chi connectivity index (χ4n) is 1.75.